The fraction of sp³-hybridized carbons (Fsp3) is 0.231. The maximum atomic E-state index is 13.7. The highest BCUT2D eigenvalue weighted by Crippen LogP contribution is 2.46. The predicted octanol–water partition coefficient (Wildman–Crippen LogP) is 4.40. The van der Waals surface area contributed by atoms with Crippen LogP contribution in [0.4, 0.5) is 10.1 Å². The van der Waals surface area contributed by atoms with Gasteiger partial charge in [0.1, 0.15) is 11.6 Å². The SMILES string of the molecule is COc1ccc(C2C(C(=O)Nc3ccc(F)cc3)c3cc(OC)c(OC)cc3C(=O)N2C)cc1. The summed E-state index contributed by atoms with van der Waals surface area (Å²) in [4.78, 5) is 28.6. The molecule has 3 aromatic rings. The van der Waals surface area contributed by atoms with Gasteiger partial charge in [-0.15, -0.1) is 0 Å². The highest BCUT2D eigenvalue weighted by molar-refractivity contribution is 6.04. The van der Waals surface area contributed by atoms with Crippen molar-refractivity contribution in [1.29, 1.82) is 0 Å². The largest absolute Gasteiger partial charge is 0.497 e. The monoisotopic (exact) mass is 464 g/mol. The van der Waals surface area contributed by atoms with Gasteiger partial charge in [-0.1, -0.05) is 12.1 Å². The minimum Gasteiger partial charge on any atom is -0.497 e. The molecule has 4 rings (SSSR count). The van der Waals surface area contributed by atoms with Crippen molar-refractivity contribution in [3.8, 4) is 17.2 Å². The number of anilines is 1. The van der Waals surface area contributed by atoms with Crippen LogP contribution in [0.25, 0.3) is 0 Å². The molecule has 1 aliphatic heterocycles. The Morgan fingerprint density at radius 2 is 1.53 bits per heavy atom. The van der Waals surface area contributed by atoms with E-state index < -0.39 is 17.8 Å². The Hall–Kier alpha value is -4.07. The molecular formula is C26H25FN2O5. The van der Waals surface area contributed by atoms with Gasteiger partial charge in [0, 0.05) is 18.3 Å². The minimum absolute atomic E-state index is 0.248. The van der Waals surface area contributed by atoms with Gasteiger partial charge in [-0.3, -0.25) is 9.59 Å². The van der Waals surface area contributed by atoms with Crippen LogP contribution in [-0.4, -0.2) is 45.1 Å². The van der Waals surface area contributed by atoms with E-state index in [2.05, 4.69) is 5.32 Å². The summed E-state index contributed by atoms with van der Waals surface area (Å²) < 4.78 is 29.5. The lowest BCUT2D eigenvalue weighted by atomic mass is 9.79. The molecule has 2 amide bonds. The first kappa shape index (κ1) is 23.1. The van der Waals surface area contributed by atoms with Gasteiger partial charge in [0.2, 0.25) is 5.91 Å². The van der Waals surface area contributed by atoms with Gasteiger partial charge in [-0.25, -0.2) is 4.39 Å². The molecule has 0 radical (unpaired) electrons. The fourth-order valence-electron chi connectivity index (χ4n) is 4.30. The number of halogens is 1. The molecule has 34 heavy (non-hydrogen) atoms. The molecule has 7 nitrogen and oxygen atoms in total. The van der Waals surface area contributed by atoms with Gasteiger partial charge in [-0.2, -0.15) is 0 Å². The second kappa shape index (κ2) is 9.43. The van der Waals surface area contributed by atoms with Crippen molar-refractivity contribution in [1.82, 2.24) is 4.90 Å². The number of methoxy groups -OCH3 is 3. The molecular weight excluding hydrogens is 439 g/mol. The first-order chi connectivity index (χ1) is 16.4. The number of hydrogen-bond acceptors (Lipinski definition) is 5. The van der Waals surface area contributed by atoms with Crippen molar-refractivity contribution in [3.05, 3.63) is 83.2 Å². The van der Waals surface area contributed by atoms with Crippen LogP contribution in [0.5, 0.6) is 17.2 Å². The van der Waals surface area contributed by atoms with Crippen molar-refractivity contribution in [3.63, 3.8) is 0 Å². The van der Waals surface area contributed by atoms with Gasteiger partial charge in [-0.05, 0) is 59.7 Å². The summed E-state index contributed by atoms with van der Waals surface area (Å²) in [5.41, 5.74) is 2.07. The Bertz CT molecular complexity index is 1210. The average Bonchev–Trinajstić information content (AvgIpc) is 2.86. The lowest BCUT2D eigenvalue weighted by molar-refractivity contribution is -0.119. The number of benzene rings is 3. The van der Waals surface area contributed by atoms with Crippen molar-refractivity contribution in [2.75, 3.05) is 33.7 Å². The van der Waals surface area contributed by atoms with E-state index in [9.17, 15) is 14.0 Å². The van der Waals surface area contributed by atoms with Gasteiger partial charge in [0.05, 0.1) is 33.3 Å². The zero-order chi connectivity index (χ0) is 24.4. The summed E-state index contributed by atoms with van der Waals surface area (Å²) in [5, 5.41) is 2.86. The molecule has 176 valence electrons. The number of rotatable bonds is 6. The third kappa shape index (κ3) is 4.14. The molecule has 0 bridgehead atoms. The van der Waals surface area contributed by atoms with E-state index in [4.69, 9.17) is 14.2 Å². The number of carbonyl (C=O) groups is 2. The van der Waals surface area contributed by atoms with Gasteiger partial charge in [0.25, 0.3) is 5.91 Å². The summed E-state index contributed by atoms with van der Waals surface area (Å²) in [6.07, 6.45) is 0. The third-order valence-corrected chi connectivity index (χ3v) is 6.03. The number of fused-ring (bicyclic) bond motifs is 1. The molecule has 8 heteroatoms. The van der Waals surface area contributed by atoms with Crippen LogP contribution in [0, 0.1) is 5.82 Å². The number of carbonyl (C=O) groups excluding carboxylic acids is 2. The number of amides is 2. The first-order valence-electron chi connectivity index (χ1n) is 10.6. The normalized spacial score (nSPS) is 17.1. The topological polar surface area (TPSA) is 77.1 Å². The third-order valence-electron chi connectivity index (χ3n) is 6.03. The van der Waals surface area contributed by atoms with E-state index in [0.29, 0.717) is 34.1 Å². The maximum absolute atomic E-state index is 13.7. The second-order valence-electron chi connectivity index (χ2n) is 7.90. The number of hydrogen-bond donors (Lipinski definition) is 1. The molecule has 2 atom stereocenters. The predicted molar refractivity (Wildman–Crippen MR) is 125 cm³/mol. The summed E-state index contributed by atoms with van der Waals surface area (Å²) in [6.45, 7) is 0. The average molecular weight is 464 g/mol. The Balaban J connectivity index is 1.86. The molecule has 1 heterocycles. The van der Waals surface area contributed by atoms with Crippen LogP contribution in [0.1, 0.15) is 33.4 Å². The van der Waals surface area contributed by atoms with Crippen molar-refractivity contribution >= 4 is 17.5 Å². The molecule has 0 saturated heterocycles. The van der Waals surface area contributed by atoms with E-state index >= 15 is 0 Å². The zero-order valence-electron chi connectivity index (χ0n) is 19.3. The zero-order valence-corrected chi connectivity index (χ0v) is 19.3. The molecule has 1 N–H and O–H groups in total. The van der Waals surface area contributed by atoms with Gasteiger partial charge in [0.15, 0.2) is 11.5 Å². The molecule has 0 saturated carbocycles. The fourth-order valence-corrected chi connectivity index (χ4v) is 4.30. The highest BCUT2D eigenvalue weighted by Gasteiger charge is 2.43. The Kier molecular flexibility index (Phi) is 6.40. The van der Waals surface area contributed by atoms with Gasteiger partial charge < -0.3 is 24.4 Å². The van der Waals surface area contributed by atoms with Crippen LogP contribution < -0.4 is 19.5 Å². The molecule has 3 aromatic carbocycles. The number of nitrogens with zero attached hydrogens (tertiary/aromatic N) is 1. The summed E-state index contributed by atoms with van der Waals surface area (Å²) in [5.74, 6) is -0.319. The molecule has 2 unspecified atom stereocenters. The Morgan fingerprint density at radius 3 is 2.12 bits per heavy atom. The van der Waals surface area contributed by atoms with Crippen LogP contribution in [-0.2, 0) is 4.79 Å². The van der Waals surface area contributed by atoms with Crippen molar-refractivity contribution < 1.29 is 28.2 Å². The van der Waals surface area contributed by atoms with E-state index in [1.807, 2.05) is 12.1 Å². The number of ether oxygens (including phenoxy) is 3. The Morgan fingerprint density at radius 1 is 0.912 bits per heavy atom. The van der Waals surface area contributed by atoms with Crippen LogP contribution >= 0.6 is 0 Å². The lowest BCUT2D eigenvalue weighted by Gasteiger charge is -2.40. The smallest absolute Gasteiger partial charge is 0.254 e. The maximum Gasteiger partial charge on any atom is 0.254 e. The standard InChI is InChI=1S/C26H25FN2O5/c1-29-24(15-5-11-18(32-2)12-6-15)23(25(30)28-17-9-7-16(27)8-10-17)19-13-21(33-3)22(34-4)14-20(19)26(29)31/h5-14,23-24H,1-4H3,(H,28,30). The van der Waals surface area contributed by atoms with Crippen LogP contribution in [0.2, 0.25) is 0 Å². The van der Waals surface area contributed by atoms with E-state index in [1.165, 1.54) is 38.5 Å². The summed E-state index contributed by atoms with van der Waals surface area (Å²) >= 11 is 0. The quantitative estimate of drug-likeness (QED) is 0.585. The molecule has 0 aliphatic carbocycles. The van der Waals surface area contributed by atoms with Crippen molar-refractivity contribution in [2.45, 2.75) is 12.0 Å². The van der Waals surface area contributed by atoms with Crippen molar-refractivity contribution in [2.24, 2.45) is 0 Å². The van der Waals surface area contributed by atoms with E-state index in [0.717, 1.165) is 5.56 Å². The molecule has 0 fully saturated rings. The molecule has 1 aliphatic rings. The minimum atomic E-state index is -0.782. The van der Waals surface area contributed by atoms with Crippen LogP contribution in [0.3, 0.4) is 0 Å². The second-order valence-corrected chi connectivity index (χ2v) is 7.90. The van der Waals surface area contributed by atoms with Crippen LogP contribution in [0.15, 0.2) is 60.7 Å². The van der Waals surface area contributed by atoms with E-state index in [-0.39, 0.29) is 11.8 Å². The van der Waals surface area contributed by atoms with E-state index in [1.54, 1.807) is 43.3 Å². The summed E-state index contributed by atoms with van der Waals surface area (Å²) in [7, 11) is 6.21. The molecule has 0 aromatic heterocycles. The lowest BCUT2D eigenvalue weighted by Crippen LogP contribution is -2.44. The highest BCUT2D eigenvalue weighted by atomic mass is 19.1. The molecule has 0 spiro atoms. The Labute approximate surface area is 197 Å². The number of likely N-dealkylation sites (N-methyl/N-ethyl adjacent to an activating group) is 1. The van der Waals surface area contributed by atoms with Gasteiger partial charge >= 0.3 is 0 Å². The number of nitrogens with one attached hydrogen (secondary N) is 1. The summed E-state index contributed by atoms with van der Waals surface area (Å²) in [6, 6.07) is 15.4. The first-order valence-corrected chi connectivity index (χ1v) is 10.6.